The average molecular weight is 243 g/mol. The second-order valence-electron chi connectivity index (χ2n) is 4.49. The second kappa shape index (κ2) is 6.15. The van der Waals surface area contributed by atoms with Gasteiger partial charge in [-0.05, 0) is 19.4 Å². The number of amides is 1. The summed E-state index contributed by atoms with van der Waals surface area (Å²) in [5, 5.41) is 0. The van der Waals surface area contributed by atoms with Crippen LogP contribution in [0.5, 0.6) is 0 Å². The first-order chi connectivity index (χ1) is 7.52. The van der Waals surface area contributed by atoms with Crippen molar-refractivity contribution < 1.29 is 4.79 Å². The maximum atomic E-state index is 11.5. The maximum absolute atomic E-state index is 11.5. The molecule has 1 fully saturated rings. The Labute approximate surface area is 103 Å². The Balaban J connectivity index is 2.44. The molecule has 0 aromatic heterocycles. The van der Waals surface area contributed by atoms with Crippen LogP contribution >= 0.6 is 12.2 Å². The van der Waals surface area contributed by atoms with Crippen molar-refractivity contribution in [3.63, 3.8) is 0 Å². The molecule has 1 aliphatic heterocycles. The van der Waals surface area contributed by atoms with Crippen molar-refractivity contribution >= 4 is 23.1 Å². The molecule has 0 saturated carbocycles. The minimum Gasteiger partial charge on any atom is -0.392 e. The van der Waals surface area contributed by atoms with Crippen LogP contribution in [-0.2, 0) is 4.79 Å². The van der Waals surface area contributed by atoms with Gasteiger partial charge in [0.25, 0.3) is 0 Å². The highest BCUT2D eigenvalue weighted by Gasteiger charge is 2.24. The number of thiocarbonyl (C=S) groups is 1. The van der Waals surface area contributed by atoms with Gasteiger partial charge in [0.1, 0.15) is 0 Å². The van der Waals surface area contributed by atoms with Gasteiger partial charge in [0.2, 0.25) is 5.91 Å². The molecule has 1 amide bonds. The Kier molecular flexibility index (Phi) is 5.15. The molecule has 16 heavy (non-hydrogen) atoms. The molecule has 0 aromatic rings. The Morgan fingerprint density at radius 2 is 2.19 bits per heavy atom. The van der Waals surface area contributed by atoms with E-state index in [0.29, 0.717) is 11.4 Å². The molecule has 2 N–H and O–H groups in total. The van der Waals surface area contributed by atoms with Crippen LogP contribution in [0.4, 0.5) is 0 Å². The third-order valence-corrected chi connectivity index (χ3v) is 3.33. The molecule has 5 heteroatoms. The van der Waals surface area contributed by atoms with Gasteiger partial charge >= 0.3 is 0 Å². The summed E-state index contributed by atoms with van der Waals surface area (Å²) in [6.45, 7) is 1.77. The summed E-state index contributed by atoms with van der Waals surface area (Å²) in [5.74, 6) is 0.160. The van der Waals surface area contributed by atoms with Crippen molar-refractivity contribution in [2.75, 3.05) is 27.2 Å². The van der Waals surface area contributed by atoms with Gasteiger partial charge < -0.3 is 10.6 Å². The van der Waals surface area contributed by atoms with E-state index in [9.17, 15) is 4.79 Å². The Morgan fingerprint density at radius 3 is 2.75 bits per heavy atom. The summed E-state index contributed by atoms with van der Waals surface area (Å²) in [7, 11) is 3.56. The van der Waals surface area contributed by atoms with Crippen LogP contribution in [0, 0.1) is 0 Å². The van der Waals surface area contributed by atoms with E-state index in [1.54, 1.807) is 19.0 Å². The van der Waals surface area contributed by atoms with Crippen LogP contribution in [0.2, 0.25) is 0 Å². The minimum absolute atomic E-state index is 0.160. The zero-order valence-electron chi connectivity index (χ0n) is 10.1. The highest BCUT2D eigenvalue weighted by Crippen LogP contribution is 2.17. The number of hydrogen-bond donors (Lipinski definition) is 1. The average Bonchev–Trinajstić information content (AvgIpc) is 2.25. The van der Waals surface area contributed by atoms with E-state index in [0.717, 1.165) is 19.5 Å². The molecule has 0 bridgehead atoms. The predicted octanol–water partition coefficient (Wildman–Crippen LogP) is 0.605. The van der Waals surface area contributed by atoms with E-state index in [-0.39, 0.29) is 11.9 Å². The molecule has 1 unspecified atom stereocenters. The van der Waals surface area contributed by atoms with Gasteiger partial charge in [0, 0.05) is 27.1 Å². The normalized spacial score (nSPS) is 21.8. The highest BCUT2D eigenvalue weighted by atomic mass is 32.1. The number of nitrogens with zero attached hydrogens (tertiary/aromatic N) is 2. The van der Waals surface area contributed by atoms with Gasteiger partial charge in [-0.1, -0.05) is 18.6 Å². The fourth-order valence-electron chi connectivity index (χ4n) is 2.04. The van der Waals surface area contributed by atoms with Crippen molar-refractivity contribution in [3.8, 4) is 0 Å². The summed E-state index contributed by atoms with van der Waals surface area (Å²) in [6.07, 6.45) is 3.94. The van der Waals surface area contributed by atoms with Crippen LogP contribution in [0.25, 0.3) is 0 Å². The number of hydrogen-bond acceptors (Lipinski definition) is 3. The third-order valence-electron chi connectivity index (χ3n) is 3.05. The lowest BCUT2D eigenvalue weighted by Crippen LogP contribution is -2.47. The minimum atomic E-state index is 0.160. The molecule has 92 valence electrons. The summed E-state index contributed by atoms with van der Waals surface area (Å²) in [6, 6.07) is 0.193. The van der Waals surface area contributed by atoms with Crippen molar-refractivity contribution in [1.29, 1.82) is 0 Å². The van der Waals surface area contributed by atoms with E-state index < -0.39 is 0 Å². The molecule has 1 saturated heterocycles. The van der Waals surface area contributed by atoms with Gasteiger partial charge in [-0.3, -0.25) is 9.69 Å². The number of piperidine rings is 1. The third kappa shape index (κ3) is 3.72. The predicted molar refractivity (Wildman–Crippen MR) is 69.3 cm³/mol. The van der Waals surface area contributed by atoms with Gasteiger partial charge in [0.05, 0.1) is 11.0 Å². The van der Waals surface area contributed by atoms with Gasteiger partial charge in [-0.25, -0.2) is 0 Å². The lowest BCUT2D eigenvalue weighted by atomic mass is 10.0. The van der Waals surface area contributed by atoms with Crippen molar-refractivity contribution in [2.45, 2.75) is 31.7 Å². The molecule has 1 heterocycles. The standard InChI is InChI=1S/C11H21N3OS/c1-13(2)10(15)6-8-14-7-4-3-5-9(14)11(12)16/h9H,3-8H2,1-2H3,(H2,12,16). The molecular formula is C11H21N3OS. The second-order valence-corrected chi connectivity index (χ2v) is 4.96. The molecule has 4 nitrogen and oxygen atoms in total. The van der Waals surface area contributed by atoms with Gasteiger partial charge in [-0.2, -0.15) is 0 Å². The van der Waals surface area contributed by atoms with Gasteiger partial charge in [0.15, 0.2) is 0 Å². The lowest BCUT2D eigenvalue weighted by Gasteiger charge is -2.34. The monoisotopic (exact) mass is 243 g/mol. The molecular weight excluding hydrogens is 222 g/mol. The maximum Gasteiger partial charge on any atom is 0.223 e. The number of likely N-dealkylation sites (tertiary alicyclic amines) is 1. The molecule has 0 aromatic carbocycles. The van der Waals surface area contributed by atoms with Crippen molar-refractivity contribution in [1.82, 2.24) is 9.80 Å². The van der Waals surface area contributed by atoms with E-state index in [4.69, 9.17) is 18.0 Å². The lowest BCUT2D eigenvalue weighted by molar-refractivity contribution is -0.129. The summed E-state index contributed by atoms with van der Waals surface area (Å²) in [4.78, 5) is 15.9. The zero-order chi connectivity index (χ0) is 12.1. The first-order valence-corrected chi connectivity index (χ1v) is 6.16. The van der Waals surface area contributed by atoms with Crippen LogP contribution in [0.1, 0.15) is 25.7 Å². The van der Waals surface area contributed by atoms with Crippen LogP contribution in [0.15, 0.2) is 0 Å². The molecule has 1 aliphatic rings. The fourth-order valence-corrected chi connectivity index (χ4v) is 2.31. The smallest absolute Gasteiger partial charge is 0.223 e. The van der Waals surface area contributed by atoms with E-state index in [1.807, 2.05) is 0 Å². The number of rotatable bonds is 4. The van der Waals surface area contributed by atoms with Crippen LogP contribution in [0.3, 0.4) is 0 Å². The fraction of sp³-hybridized carbons (Fsp3) is 0.818. The number of nitrogens with two attached hydrogens (primary N) is 1. The summed E-state index contributed by atoms with van der Waals surface area (Å²) in [5.41, 5.74) is 5.72. The zero-order valence-corrected chi connectivity index (χ0v) is 10.9. The van der Waals surface area contributed by atoms with Crippen molar-refractivity contribution in [2.24, 2.45) is 5.73 Å². The Morgan fingerprint density at radius 1 is 1.50 bits per heavy atom. The molecule has 0 radical (unpaired) electrons. The van der Waals surface area contributed by atoms with Crippen LogP contribution in [-0.4, -0.2) is 53.9 Å². The van der Waals surface area contributed by atoms with Crippen molar-refractivity contribution in [3.05, 3.63) is 0 Å². The molecule has 0 spiro atoms. The Hall–Kier alpha value is -0.680. The van der Waals surface area contributed by atoms with Crippen LogP contribution < -0.4 is 5.73 Å². The molecule has 1 atom stereocenters. The SMILES string of the molecule is CN(C)C(=O)CCN1CCCCC1C(N)=S. The first kappa shape index (κ1) is 13.4. The largest absolute Gasteiger partial charge is 0.392 e. The molecule has 1 rings (SSSR count). The number of carbonyl (C=O) groups excluding carboxylic acids is 1. The topological polar surface area (TPSA) is 49.6 Å². The van der Waals surface area contributed by atoms with E-state index >= 15 is 0 Å². The van der Waals surface area contributed by atoms with Gasteiger partial charge in [-0.15, -0.1) is 0 Å². The first-order valence-electron chi connectivity index (χ1n) is 5.76. The Bertz CT molecular complexity index is 268. The van der Waals surface area contributed by atoms with E-state index in [1.165, 1.54) is 12.8 Å². The summed E-state index contributed by atoms with van der Waals surface area (Å²) >= 11 is 5.06. The summed E-state index contributed by atoms with van der Waals surface area (Å²) < 4.78 is 0. The van der Waals surface area contributed by atoms with E-state index in [2.05, 4.69) is 4.90 Å². The highest BCUT2D eigenvalue weighted by molar-refractivity contribution is 7.80. The quantitative estimate of drug-likeness (QED) is 0.735. The number of carbonyl (C=O) groups is 1. The molecule has 0 aliphatic carbocycles.